The molecule has 4 heteroatoms. The second-order valence-corrected chi connectivity index (χ2v) is 7.17. The molecular formula is C19H20N2O2. The van der Waals surface area contributed by atoms with Crippen LogP contribution in [0.25, 0.3) is 10.8 Å². The molecule has 2 aromatic carbocycles. The van der Waals surface area contributed by atoms with Crippen LogP contribution in [0.4, 0.5) is 0 Å². The topological polar surface area (TPSA) is 41.6 Å². The first-order valence-corrected chi connectivity index (χ1v) is 8.36. The van der Waals surface area contributed by atoms with Gasteiger partial charge in [0.05, 0.1) is 0 Å². The third-order valence-electron chi connectivity index (χ3n) is 5.81. The number of carbonyl (C=O) groups excluding carboxylic acids is 1. The van der Waals surface area contributed by atoms with Crippen LogP contribution in [0.5, 0.6) is 5.75 Å². The molecule has 4 nitrogen and oxygen atoms in total. The quantitative estimate of drug-likeness (QED) is 0.813. The molecule has 5 rings (SSSR count). The summed E-state index contributed by atoms with van der Waals surface area (Å²) in [6.45, 7) is 1.92. The number of amides is 1. The lowest BCUT2D eigenvalue weighted by molar-refractivity contribution is -0.151. The van der Waals surface area contributed by atoms with E-state index in [4.69, 9.17) is 4.74 Å². The van der Waals surface area contributed by atoms with Crippen LogP contribution >= 0.6 is 0 Å². The molecule has 3 heterocycles. The van der Waals surface area contributed by atoms with Crippen LogP contribution in [0.3, 0.4) is 0 Å². The maximum absolute atomic E-state index is 12.3. The van der Waals surface area contributed by atoms with Gasteiger partial charge in [0, 0.05) is 43.3 Å². The van der Waals surface area contributed by atoms with E-state index in [2.05, 4.69) is 53.7 Å². The first kappa shape index (κ1) is 13.4. The first-order valence-electron chi connectivity index (χ1n) is 8.36. The van der Waals surface area contributed by atoms with Crippen molar-refractivity contribution in [2.75, 3.05) is 20.1 Å². The summed E-state index contributed by atoms with van der Waals surface area (Å²) < 4.78 is 6.46. The summed E-state index contributed by atoms with van der Waals surface area (Å²) in [5.41, 5.74) is 0.719. The predicted molar refractivity (Wildman–Crippen MR) is 88.4 cm³/mol. The van der Waals surface area contributed by atoms with Crippen molar-refractivity contribution in [3.05, 3.63) is 42.0 Å². The molecule has 1 amide bonds. The van der Waals surface area contributed by atoms with Crippen LogP contribution in [-0.4, -0.2) is 36.7 Å². The molecule has 0 saturated carbocycles. The van der Waals surface area contributed by atoms with Gasteiger partial charge in [-0.3, -0.25) is 4.79 Å². The minimum absolute atomic E-state index is 0.120. The highest BCUT2D eigenvalue weighted by Gasteiger charge is 2.56. The van der Waals surface area contributed by atoms with Crippen molar-refractivity contribution in [1.29, 1.82) is 0 Å². The van der Waals surface area contributed by atoms with Crippen molar-refractivity contribution in [2.24, 2.45) is 5.92 Å². The lowest BCUT2D eigenvalue weighted by atomic mass is 9.68. The molecule has 1 N–H and O–H groups in total. The molecule has 0 spiro atoms. The lowest BCUT2D eigenvalue weighted by Gasteiger charge is -2.55. The van der Waals surface area contributed by atoms with Crippen LogP contribution in [0, 0.1) is 5.92 Å². The van der Waals surface area contributed by atoms with Crippen LogP contribution in [0.15, 0.2) is 36.4 Å². The Morgan fingerprint density at radius 3 is 3.04 bits per heavy atom. The number of ether oxygens (including phenoxy) is 1. The smallest absolute Gasteiger partial charge is 0.223 e. The molecule has 0 radical (unpaired) electrons. The van der Waals surface area contributed by atoms with Gasteiger partial charge < -0.3 is 15.0 Å². The van der Waals surface area contributed by atoms with Gasteiger partial charge in [-0.15, -0.1) is 0 Å². The van der Waals surface area contributed by atoms with Gasteiger partial charge in [-0.1, -0.05) is 30.3 Å². The van der Waals surface area contributed by atoms with Gasteiger partial charge >= 0.3 is 0 Å². The zero-order valence-electron chi connectivity index (χ0n) is 13.2. The van der Waals surface area contributed by atoms with Crippen molar-refractivity contribution in [3.8, 4) is 5.75 Å². The first-order chi connectivity index (χ1) is 11.2. The van der Waals surface area contributed by atoms with E-state index in [0.29, 0.717) is 12.3 Å². The van der Waals surface area contributed by atoms with Crippen LogP contribution in [0.2, 0.25) is 0 Å². The third-order valence-corrected chi connectivity index (χ3v) is 5.81. The summed E-state index contributed by atoms with van der Waals surface area (Å²) in [7, 11) is 2.16. The van der Waals surface area contributed by atoms with E-state index in [-0.39, 0.29) is 11.8 Å². The van der Waals surface area contributed by atoms with E-state index < -0.39 is 5.72 Å². The molecule has 3 aliphatic rings. The molecule has 3 unspecified atom stereocenters. The van der Waals surface area contributed by atoms with Crippen LogP contribution in [-0.2, 0) is 4.79 Å². The molecular weight excluding hydrogens is 288 g/mol. The third kappa shape index (κ3) is 1.78. The van der Waals surface area contributed by atoms with Gasteiger partial charge in [-0.2, -0.15) is 0 Å². The van der Waals surface area contributed by atoms with Crippen molar-refractivity contribution >= 4 is 16.7 Å². The summed E-state index contributed by atoms with van der Waals surface area (Å²) in [4.78, 5) is 14.7. The van der Waals surface area contributed by atoms with Gasteiger partial charge in [0.2, 0.25) is 5.91 Å². The maximum atomic E-state index is 12.3. The normalized spacial score (nSPS) is 32.7. The maximum Gasteiger partial charge on any atom is 0.223 e. The molecule has 3 aliphatic heterocycles. The zero-order valence-corrected chi connectivity index (χ0v) is 13.2. The average Bonchev–Trinajstić information content (AvgIpc) is 2.54. The standard InChI is InChI=1S/C19H20N2O2/c1-21-9-8-19-15(11-21)14(10-17(22)20-19)18-13-5-3-2-4-12(13)6-7-16(18)23-19/h2-7,14-15H,8-11H2,1H3,(H,20,22). The number of hydrogen-bond acceptors (Lipinski definition) is 3. The monoisotopic (exact) mass is 308 g/mol. The number of rotatable bonds is 0. The number of piperidine rings is 2. The Morgan fingerprint density at radius 1 is 1.26 bits per heavy atom. The van der Waals surface area contributed by atoms with Gasteiger partial charge in [-0.25, -0.2) is 0 Å². The largest absolute Gasteiger partial charge is 0.467 e. The fraction of sp³-hybridized carbons (Fsp3) is 0.421. The predicted octanol–water partition coefficient (Wildman–Crippen LogP) is 2.48. The SMILES string of the molecule is CN1CCC23NC(=O)CC(c4c(ccc5ccccc45)O2)C3C1. The minimum atomic E-state index is -0.512. The Kier molecular flexibility index (Phi) is 2.61. The second kappa shape index (κ2) is 4.48. The summed E-state index contributed by atoms with van der Waals surface area (Å²) in [5, 5.41) is 5.63. The Balaban J connectivity index is 1.76. The second-order valence-electron chi connectivity index (χ2n) is 7.17. The number of benzene rings is 2. The van der Waals surface area contributed by atoms with E-state index in [9.17, 15) is 4.79 Å². The molecule has 3 atom stereocenters. The number of likely N-dealkylation sites (tertiary alicyclic amines) is 1. The lowest BCUT2D eigenvalue weighted by Crippen LogP contribution is -2.69. The van der Waals surface area contributed by atoms with Crippen molar-refractivity contribution in [2.45, 2.75) is 24.5 Å². The van der Waals surface area contributed by atoms with E-state index in [0.717, 1.165) is 25.3 Å². The molecule has 23 heavy (non-hydrogen) atoms. The summed E-state index contributed by atoms with van der Waals surface area (Å²) >= 11 is 0. The fourth-order valence-corrected chi connectivity index (χ4v) is 4.75. The average molecular weight is 308 g/mol. The molecule has 0 aromatic heterocycles. The van der Waals surface area contributed by atoms with E-state index in [1.807, 2.05) is 0 Å². The number of nitrogens with zero attached hydrogens (tertiary/aromatic N) is 1. The number of hydrogen-bond donors (Lipinski definition) is 1. The molecule has 0 aliphatic carbocycles. The Labute approximate surface area is 135 Å². The van der Waals surface area contributed by atoms with Gasteiger partial charge in [0.15, 0.2) is 5.72 Å². The van der Waals surface area contributed by atoms with Crippen molar-refractivity contribution < 1.29 is 9.53 Å². The van der Waals surface area contributed by atoms with Gasteiger partial charge in [0.25, 0.3) is 0 Å². The van der Waals surface area contributed by atoms with Crippen LogP contribution < -0.4 is 10.1 Å². The van der Waals surface area contributed by atoms with E-state index in [1.54, 1.807) is 0 Å². The minimum Gasteiger partial charge on any atom is -0.467 e. The highest BCUT2D eigenvalue weighted by atomic mass is 16.5. The summed E-state index contributed by atoms with van der Waals surface area (Å²) in [6, 6.07) is 12.6. The van der Waals surface area contributed by atoms with E-state index >= 15 is 0 Å². The molecule has 2 saturated heterocycles. The number of nitrogens with one attached hydrogen (secondary N) is 1. The Hall–Kier alpha value is -2.07. The summed E-state index contributed by atoms with van der Waals surface area (Å²) in [5.74, 6) is 1.63. The van der Waals surface area contributed by atoms with Crippen LogP contribution in [0.1, 0.15) is 24.3 Å². The van der Waals surface area contributed by atoms with Crippen molar-refractivity contribution in [1.82, 2.24) is 10.2 Å². The van der Waals surface area contributed by atoms with Crippen molar-refractivity contribution in [3.63, 3.8) is 0 Å². The van der Waals surface area contributed by atoms with E-state index in [1.165, 1.54) is 16.3 Å². The fourth-order valence-electron chi connectivity index (χ4n) is 4.75. The molecule has 2 fully saturated rings. The number of carbonyl (C=O) groups is 1. The summed E-state index contributed by atoms with van der Waals surface area (Å²) in [6.07, 6.45) is 1.41. The highest BCUT2D eigenvalue weighted by molar-refractivity contribution is 5.90. The molecule has 2 aromatic rings. The Morgan fingerprint density at radius 2 is 2.13 bits per heavy atom. The van der Waals surface area contributed by atoms with Gasteiger partial charge in [0.1, 0.15) is 5.75 Å². The Bertz CT molecular complexity index is 818. The number of fused-ring (bicyclic) bond motifs is 4. The molecule has 118 valence electrons. The van der Waals surface area contributed by atoms with Gasteiger partial charge in [-0.05, 0) is 23.9 Å². The highest BCUT2D eigenvalue weighted by Crippen LogP contribution is 2.52. The zero-order chi connectivity index (χ0) is 15.6. The molecule has 2 bridgehead atoms.